The first-order chi connectivity index (χ1) is 11.8. The van der Waals surface area contributed by atoms with Crippen LogP contribution in [0.4, 0.5) is 11.4 Å². The molecule has 7 heteroatoms. The van der Waals surface area contributed by atoms with Gasteiger partial charge in [0.15, 0.2) is 11.5 Å². The van der Waals surface area contributed by atoms with E-state index < -0.39 is 6.04 Å². The van der Waals surface area contributed by atoms with Gasteiger partial charge in [0, 0.05) is 16.8 Å². The summed E-state index contributed by atoms with van der Waals surface area (Å²) in [7, 11) is 3.14. The van der Waals surface area contributed by atoms with Crippen molar-refractivity contribution in [3.8, 4) is 11.5 Å². The highest BCUT2D eigenvalue weighted by atomic mass is 35.5. The molecule has 0 fully saturated rings. The number of methoxy groups -OCH3 is 2. The number of ether oxygens (including phenoxy) is 2. The fourth-order valence-electron chi connectivity index (χ4n) is 2.27. The molecule has 0 aliphatic carbocycles. The maximum absolute atomic E-state index is 12.4. The summed E-state index contributed by atoms with van der Waals surface area (Å²) in [5, 5.41) is 6.85. The number of hydrogen-bond donors (Lipinski definition) is 2. The molecule has 2 aromatic carbocycles. The van der Waals surface area contributed by atoms with E-state index in [1.807, 2.05) is 13.0 Å². The Balaban J connectivity index is 2.14. The first kappa shape index (κ1) is 19.2. The van der Waals surface area contributed by atoms with Crippen molar-refractivity contribution in [1.82, 2.24) is 0 Å². The van der Waals surface area contributed by atoms with Gasteiger partial charge in [-0.05, 0) is 43.7 Å². The number of rotatable bonds is 6. The molecule has 0 aliphatic heterocycles. The summed E-state index contributed by atoms with van der Waals surface area (Å²) in [5.74, 6) is 0.979. The molecule has 0 heterocycles. The lowest BCUT2D eigenvalue weighted by atomic mass is 10.1. The monoisotopic (exact) mass is 382 g/mol. The number of aryl methyl sites for hydroxylation is 1. The third kappa shape index (κ3) is 4.71. The van der Waals surface area contributed by atoms with Crippen molar-refractivity contribution < 1.29 is 14.3 Å². The number of halogens is 2. The average molecular weight is 383 g/mol. The molecule has 0 bridgehead atoms. The molecule has 0 aliphatic rings. The van der Waals surface area contributed by atoms with E-state index >= 15 is 0 Å². The maximum Gasteiger partial charge on any atom is 0.246 e. The van der Waals surface area contributed by atoms with E-state index in [0.717, 1.165) is 11.3 Å². The Morgan fingerprint density at radius 2 is 1.68 bits per heavy atom. The average Bonchev–Trinajstić information content (AvgIpc) is 2.59. The predicted molar refractivity (Wildman–Crippen MR) is 102 cm³/mol. The van der Waals surface area contributed by atoms with E-state index in [4.69, 9.17) is 32.7 Å². The van der Waals surface area contributed by atoms with E-state index in [1.165, 1.54) is 0 Å². The molecule has 0 aromatic heterocycles. The van der Waals surface area contributed by atoms with Crippen LogP contribution >= 0.6 is 23.2 Å². The predicted octanol–water partition coefficient (Wildman–Crippen LogP) is 4.76. The van der Waals surface area contributed by atoms with Gasteiger partial charge in [-0.15, -0.1) is 0 Å². The standard InChI is InChI=1S/C18H20Cl2N2O3/c1-10-7-16(24-3)17(25-4)9-14(10)21-11(2)18(23)22-15-8-12(19)5-6-13(15)20/h5-9,11,21H,1-4H3,(H,22,23). The highest BCUT2D eigenvalue weighted by Crippen LogP contribution is 2.33. The van der Waals surface area contributed by atoms with Gasteiger partial charge in [0.05, 0.1) is 24.9 Å². The molecule has 0 spiro atoms. The molecule has 5 nitrogen and oxygen atoms in total. The third-order valence-electron chi connectivity index (χ3n) is 3.68. The van der Waals surface area contributed by atoms with Crippen LogP contribution in [-0.2, 0) is 4.79 Å². The third-order valence-corrected chi connectivity index (χ3v) is 4.25. The van der Waals surface area contributed by atoms with Gasteiger partial charge >= 0.3 is 0 Å². The van der Waals surface area contributed by atoms with Gasteiger partial charge in [-0.25, -0.2) is 0 Å². The van der Waals surface area contributed by atoms with Crippen LogP contribution in [0.2, 0.25) is 10.0 Å². The minimum Gasteiger partial charge on any atom is -0.493 e. The van der Waals surface area contributed by atoms with Gasteiger partial charge in [0.2, 0.25) is 5.91 Å². The summed E-state index contributed by atoms with van der Waals surface area (Å²) in [6, 6.07) is 8.04. The van der Waals surface area contributed by atoms with Crippen LogP contribution in [0.1, 0.15) is 12.5 Å². The molecule has 2 N–H and O–H groups in total. The topological polar surface area (TPSA) is 59.6 Å². The number of hydrogen-bond acceptors (Lipinski definition) is 4. The second kappa shape index (κ2) is 8.32. The van der Waals surface area contributed by atoms with E-state index in [9.17, 15) is 4.79 Å². The molecule has 1 atom stereocenters. The second-order valence-corrected chi connectivity index (χ2v) is 6.35. The van der Waals surface area contributed by atoms with E-state index in [2.05, 4.69) is 10.6 Å². The highest BCUT2D eigenvalue weighted by molar-refractivity contribution is 6.35. The molecule has 2 aromatic rings. The fourth-order valence-corrected chi connectivity index (χ4v) is 2.61. The Labute approximate surface area is 157 Å². The van der Waals surface area contributed by atoms with Crippen LogP contribution in [0.5, 0.6) is 11.5 Å². The molecule has 25 heavy (non-hydrogen) atoms. The number of benzene rings is 2. The maximum atomic E-state index is 12.4. The van der Waals surface area contributed by atoms with Gasteiger partial charge in [-0.2, -0.15) is 0 Å². The van der Waals surface area contributed by atoms with Crippen molar-refractivity contribution in [1.29, 1.82) is 0 Å². The first-order valence-corrected chi connectivity index (χ1v) is 8.36. The minimum absolute atomic E-state index is 0.238. The van der Waals surface area contributed by atoms with Gasteiger partial charge < -0.3 is 20.1 Å². The zero-order valence-electron chi connectivity index (χ0n) is 14.4. The molecule has 1 unspecified atom stereocenters. The molecule has 0 saturated heterocycles. The van der Waals surface area contributed by atoms with Crippen LogP contribution in [0, 0.1) is 6.92 Å². The molecule has 134 valence electrons. The second-order valence-electron chi connectivity index (χ2n) is 5.50. The quantitative estimate of drug-likeness (QED) is 0.755. The number of carbonyl (C=O) groups excluding carboxylic acids is 1. The van der Waals surface area contributed by atoms with E-state index in [1.54, 1.807) is 45.4 Å². The van der Waals surface area contributed by atoms with Gasteiger partial charge in [-0.3, -0.25) is 4.79 Å². The van der Waals surface area contributed by atoms with Crippen LogP contribution in [-0.4, -0.2) is 26.2 Å². The summed E-state index contributed by atoms with van der Waals surface area (Å²) in [6.45, 7) is 3.67. The van der Waals surface area contributed by atoms with Crippen LogP contribution in [0.15, 0.2) is 30.3 Å². The Morgan fingerprint density at radius 1 is 1.04 bits per heavy atom. The number of amides is 1. The number of nitrogens with one attached hydrogen (secondary N) is 2. The van der Waals surface area contributed by atoms with Crippen molar-refractivity contribution in [2.45, 2.75) is 19.9 Å². The Morgan fingerprint density at radius 3 is 2.32 bits per heavy atom. The largest absolute Gasteiger partial charge is 0.493 e. The summed E-state index contributed by atoms with van der Waals surface area (Å²) in [4.78, 5) is 12.4. The first-order valence-electron chi connectivity index (χ1n) is 7.60. The van der Waals surface area contributed by atoms with Crippen LogP contribution in [0.3, 0.4) is 0 Å². The molecular weight excluding hydrogens is 363 g/mol. The summed E-state index contributed by atoms with van der Waals surface area (Å²) >= 11 is 12.0. The SMILES string of the molecule is COc1cc(C)c(NC(C)C(=O)Nc2cc(Cl)ccc2Cl)cc1OC. The fraction of sp³-hybridized carbons (Fsp3) is 0.278. The van der Waals surface area contributed by atoms with Crippen molar-refractivity contribution >= 4 is 40.5 Å². The van der Waals surface area contributed by atoms with Crippen LogP contribution < -0.4 is 20.1 Å². The highest BCUT2D eigenvalue weighted by Gasteiger charge is 2.17. The Bertz CT molecular complexity index is 781. The molecule has 1 amide bonds. The van der Waals surface area contributed by atoms with Gasteiger partial charge in [-0.1, -0.05) is 23.2 Å². The van der Waals surface area contributed by atoms with E-state index in [0.29, 0.717) is 27.2 Å². The molecule has 0 radical (unpaired) electrons. The minimum atomic E-state index is -0.508. The summed E-state index contributed by atoms with van der Waals surface area (Å²) < 4.78 is 10.6. The van der Waals surface area contributed by atoms with Crippen molar-refractivity contribution in [3.05, 3.63) is 45.9 Å². The zero-order chi connectivity index (χ0) is 18.6. The van der Waals surface area contributed by atoms with Crippen LogP contribution in [0.25, 0.3) is 0 Å². The Hall–Kier alpha value is -2.11. The normalized spacial score (nSPS) is 11.6. The van der Waals surface area contributed by atoms with E-state index in [-0.39, 0.29) is 5.91 Å². The lowest BCUT2D eigenvalue weighted by Crippen LogP contribution is -2.32. The van der Waals surface area contributed by atoms with Crippen molar-refractivity contribution in [2.75, 3.05) is 24.9 Å². The zero-order valence-corrected chi connectivity index (χ0v) is 16.0. The number of anilines is 2. The Kier molecular flexibility index (Phi) is 6.39. The smallest absolute Gasteiger partial charge is 0.246 e. The lowest BCUT2D eigenvalue weighted by Gasteiger charge is -2.19. The summed E-state index contributed by atoms with van der Waals surface area (Å²) in [5.41, 5.74) is 2.17. The van der Waals surface area contributed by atoms with Crippen molar-refractivity contribution in [3.63, 3.8) is 0 Å². The molecule has 2 rings (SSSR count). The molecular formula is C18H20Cl2N2O3. The molecule has 0 saturated carbocycles. The van der Waals surface area contributed by atoms with Crippen molar-refractivity contribution in [2.24, 2.45) is 0 Å². The lowest BCUT2D eigenvalue weighted by molar-refractivity contribution is -0.116. The van der Waals surface area contributed by atoms with Gasteiger partial charge in [0.25, 0.3) is 0 Å². The summed E-state index contributed by atoms with van der Waals surface area (Å²) in [6.07, 6.45) is 0. The number of carbonyl (C=O) groups is 1. The van der Waals surface area contributed by atoms with Gasteiger partial charge in [0.1, 0.15) is 6.04 Å².